The number of fused-ring (bicyclic) bond motifs is 1. The number of nitrogens with one attached hydrogen (secondary N) is 1. The number of likely N-dealkylation sites (N-methyl/N-ethyl adjacent to an activating group) is 1. The Kier molecular flexibility index (Phi) is 2.94. The van der Waals surface area contributed by atoms with Gasteiger partial charge < -0.3 is 9.64 Å². The van der Waals surface area contributed by atoms with Gasteiger partial charge in [0.05, 0.1) is 17.6 Å². The molecule has 6 nitrogen and oxygen atoms in total. The van der Waals surface area contributed by atoms with Crippen LogP contribution in [-0.4, -0.2) is 33.7 Å². The largest absolute Gasteiger partial charge is 0.479 e. The molecule has 2 rings (SSSR count). The second-order valence-electron chi connectivity index (χ2n) is 4.21. The van der Waals surface area contributed by atoms with Crippen molar-refractivity contribution in [3.8, 4) is 5.75 Å². The summed E-state index contributed by atoms with van der Waals surface area (Å²) in [6.07, 6.45) is 0.538. The van der Waals surface area contributed by atoms with Crippen molar-refractivity contribution < 1.29 is 17.9 Å². The van der Waals surface area contributed by atoms with Crippen LogP contribution in [-0.2, 0) is 14.8 Å². The Hall–Kier alpha value is -1.76. The summed E-state index contributed by atoms with van der Waals surface area (Å²) in [6.45, 7) is 1.67. The Balaban J connectivity index is 2.41. The molecule has 0 aromatic heterocycles. The van der Waals surface area contributed by atoms with Crippen LogP contribution in [0, 0.1) is 0 Å². The molecule has 1 amide bonds. The zero-order chi connectivity index (χ0) is 13.5. The topological polar surface area (TPSA) is 75.7 Å². The molecule has 0 fully saturated rings. The van der Waals surface area contributed by atoms with Gasteiger partial charge in [0.2, 0.25) is 10.0 Å². The zero-order valence-electron chi connectivity index (χ0n) is 10.3. The lowest BCUT2D eigenvalue weighted by molar-refractivity contribution is -0.125. The average molecular weight is 270 g/mol. The molecular weight excluding hydrogens is 256 g/mol. The minimum absolute atomic E-state index is 0.168. The molecular formula is C11H14N2O4S. The first-order valence-electron chi connectivity index (χ1n) is 5.34. The molecule has 0 bridgehead atoms. The van der Waals surface area contributed by atoms with Crippen molar-refractivity contribution in [3.63, 3.8) is 0 Å². The van der Waals surface area contributed by atoms with Gasteiger partial charge in [-0.1, -0.05) is 0 Å². The summed E-state index contributed by atoms with van der Waals surface area (Å²) in [6, 6.07) is 4.80. The third-order valence-electron chi connectivity index (χ3n) is 2.61. The Morgan fingerprint density at radius 3 is 2.67 bits per heavy atom. The maximum atomic E-state index is 11.7. The number of hydrogen-bond donors (Lipinski definition) is 1. The summed E-state index contributed by atoms with van der Waals surface area (Å²) >= 11 is 0. The van der Waals surface area contributed by atoms with Gasteiger partial charge in [-0.15, -0.1) is 0 Å². The quantitative estimate of drug-likeness (QED) is 0.862. The lowest BCUT2D eigenvalue weighted by Gasteiger charge is -2.30. The molecule has 1 aliphatic rings. The normalized spacial score (nSPS) is 19.2. The van der Waals surface area contributed by atoms with E-state index in [0.29, 0.717) is 17.1 Å². The molecule has 1 unspecified atom stereocenters. The summed E-state index contributed by atoms with van der Waals surface area (Å²) in [5.74, 6) is 0.391. The zero-order valence-corrected chi connectivity index (χ0v) is 11.1. The number of carbonyl (C=O) groups is 1. The van der Waals surface area contributed by atoms with Crippen LogP contribution in [0.3, 0.4) is 0 Å². The van der Waals surface area contributed by atoms with Crippen LogP contribution in [0.5, 0.6) is 5.75 Å². The first-order chi connectivity index (χ1) is 8.28. The fourth-order valence-electron chi connectivity index (χ4n) is 1.79. The minimum Gasteiger partial charge on any atom is -0.479 e. The molecule has 0 radical (unpaired) electrons. The fourth-order valence-corrected chi connectivity index (χ4v) is 2.34. The van der Waals surface area contributed by atoms with Gasteiger partial charge in [-0.2, -0.15) is 0 Å². The summed E-state index contributed by atoms with van der Waals surface area (Å²) in [4.78, 5) is 13.2. The van der Waals surface area contributed by atoms with Crippen molar-refractivity contribution in [1.29, 1.82) is 0 Å². The van der Waals surface area contributed by atoms with Crippen LogP contribution in [0.15, 0.2) is 18.2 Å². The predicted octanol–water partition coefficient (Wildman–Crippen LogP) is 0.802. The molecule has 1 heterocycles. The molecule has 18 heavy (non-hydrogen) atoms. The molecule has 7 heteroatoms. The summed E-state index contributed by atoms with van der Waals surface area (Å²) in [5, 5.41) is 0. The maximum absolute atomic E-state index is 11.7. The van der Waals surface area contributed by atoms with Gasteiger partial charge in [0.15, 0.2) is 6.10 Å². The molecule has 0 saturated heterocycles. The molecule has 1 atom stereocenters. The van der Waals surface area contributed by atoms with Gasteiger partial charge >= 0.3 is 0 Å². The predicted molar refractivity (Wildman–Crippen MR) is 68.4 cm³/mol. The molecule has 98 valence electrons. The molecule has 0 saturated carbocycles. The van der Waals surface area contributed by atoms with Crippen LogP contribution >= 0.6 is 0 Å². The smallest absolute Gasteiger partial charge is 0.267 e. The van der Waals surface area contributed by atoms with Crippen LogP contribution in [0.25, 0.3) is 0 Å². The van der Waals surface area contributed by atoms with Gasteiger partial charge in [-0.05, 0) is 25.1 Å². The fraction of sp³-hybridized carbons (Fsp3) is 0.364. The second kappa shape index (κ2) is 4.16. The van der Waals surface area contributed by atoms with E-state index in [1.54, 1.807) is 32.2 Å². The van der Waals surface area contributed by atoms with E-state index in [4.69, 9.17) is 4.74 Å². The average Bonchev–Trinajstić information content (AvgIpc) is 2.25. The Morgan fingerprint density at radius 1 is 1.39 bits per heavy atom. The van der Waals surface area contributed by atoms with Crippen molar-refractivity contribution in [2.24, 2.45) is 0 Å². The molecule has 0 aliphatic carbocycles. The lowest BCUT2D eigenvalue weighted by Crippen LogP contribution is -2.41. The minimum atomic E-state index is -3.34. The summed E-state index contributed by atoms with van der Waals surface area (Å²) in [5.41, 5.74) is 0.945. The third-order valence-corrected chi connectivity index (χ3v) is 3.21. The highest BCUT2D eigenvalue weighted by Gasteiger charge is 2.29. The third kappa shape index (κ3) is 2.40. The van der Waals surface area contributed by atoms with Crippen LogP contribution < -0.4 is 14.4 Å². The van der Waals surface area contributed by atoms with Crippen molar-refractivity contribution in [3.05, 3.63) is 18.2 Å². The highest BCUT2D eigenvalue weighted by Crippen LogP contribution is 2.35. The number of hydrogen-bond acceptors (Lipinski definition) is 4. The Bertz CT molecular complexity index is 597. The maximum Gasteiger partial charge on any atom is 0.267 e. The van der Waals surface area contributed by atoms with E-state index in [9.17, 15) is 13.2 Å². The number of nitrogens with zero attached hydrogens (tertiary/aromatic N) is 1. The molecule has 1 aromatic rings. The number of sulfonamides is 1. The molecule has 1 aliphatic heterocycles. The van der Waals surface area contributed by atoms with Crippen molar-refractivity contribution >= 4 is 27.3 Å². The number of ether oxygens (including phenoxy) is 1. The number of amides is 1. The van der Waals surface area contributed by atoms with Crippen LogP contribution in [0.4, 0.5) is 11.4 Å². The van der Waals surface area contributed by atoms with Gasteiger partial charge in [-0.25, -0.2) is 8.42 Å². The van der Waals surface area contributed by atoms with Gasteiger partial charge in [0.25, 0.3) is 5.91 Å². The number of anilines is 2. The van der Waals surface area contributed by atoms with Gasteiger partial charge in [-0.3, -0.25) is 9.52 Å². The first kappa shape index (κ1) is 12.7. The summed E-state index contributed by atoms with van der Waals surface area (Å²) in [7, 11) is -1.71. The standard InChI is InChI=1S/C11H14N2O4S/c1-7-11(14)13(2)9-6-8(12-18(3,15)16)4-5-10(9)17-7/h4-7,12H,1-3H3. The van der Waals surface area contributed by atoms with Gasteiger partial charge in [0, 0.05) is 7.05 Å². The van der Waals surface area contributed by atoms with E-state index in [0.717, 1.165) is 6.26 Å². The Morgan fingerprint density at radius 2 is 2.06 bits per heavy atom. The van der Waals surface area contributed by atoms with E-state index in [1.165, 1.54) is 4.90 Å². The summed E-state index contributed by atoms with van der Waals surface area (Å²) < 4.78 is 30.1. The van der Waals surface area contributed by atoms with E-state index >= 15 is 0 Å². The lowest BCUT2D eigenvalue weighted by atomic mass is 10.2. The van der Waals surface area contributed by atoms with E-state index in [1.807, 2.05) is 0 Å². The monoisotopic (exact) mass is 270 g/mol. The molecule has 0 spiro atoms. The van der Waals surface area contributed by atoms with Crippen LogP contribution in [0.2, 0.25) is 0 Å². The number of rotatable bonds is 2. The van der Waals surface area contributed by atoms with Crippen molar-refractivity contribution in [1.82, 2.24) is 0 Å². The molecule has 1 aromatic carbocycles. The molecule has 1 N–H and O–H groups in total. The second-order valence-corrected chi connectivity index (χ2v) is 5.96. The van der Waals surface area contributed by atoms with Gasteiger partial charge in [0.1, 0.15) is 5.75 Å². The number of benzene rings is 1. The highest BCUT2D eigenvalue weighted by atomic mass is 32.2. The Labute approximate surface area is 106 Å². The van der Waals surface area contributed by atoms with E-state index in [2.05, 4.69) is 4.72 Å². The first-order valence-corrected chi connectivity index (χ1v) is 7.23. The highest BCUT2D eigenvalue weighted by molar-refractivity contribution is 7.92. The van der Waals surface area contributed by atoms with Crippen LogP contribution in [0.1, 0.15) is 6.92 Å². The van der Waals surface area contributed by atoms with E-state index < -0.39 is 16.1 Å². The van der Waals surface area contributed by atoms with E-state index in [-0.39, 0.29) is 5.91 Å². The SMILES string of the molecule is CC1Oc2ccc(NS(C)(=O)=O)cc2N(C)C1=O. The van der Waals surface area contributed by atoms with Crippen molar-refractivity contribution in [2.75, 3.05) is 22.9 Å². The number of carbonyl (C=O) groups excluding carboxylic acids is 1. The van der Waals surface area contributed by atoms with Crippen molar-refractivity contribution in [2.45, 2.75) is 13.0 Å².